The highest BCUT2D eigenvalue weighted by Crippen LogP contribution is 2.32. The summed E-state index contributed by atoms with van der Waals surface area (Å²) in [7, 11) is 0. The topological polar surface area (TPSA) is 37.3 Å². The highest BCUT2D eigenvalue weighted by atomic mass is 19.4. The van der Waals surface area contributed by atoms with E-state index in [9.17, 15) is 22.4 Å². The van der Waals surface area contributed by atoms with Crippen LogP contribution in [0.3, 0.4) is 0 Å². The summed E-state index contributed by atoms with van der Waals surface area (Å²) in [4.78, 5) is 10.2. The fraction of sp³-hybridized carbons (Fsp3) is 0.222. The van der Waals surface area contributed by atoms with Gasteiger partial charge in [0, 0.05) is 0 Å². The van der Waals surface area contributed by atoms with Crippen LogP contribution in [0.2, 0.25) is 0 Å². The van der Waals surface area contributed by atoms with Gasteiger partial charge in [-0.1, -0.05) is 12.1 Å². The molecule has 0 saturated heterocycles. The van der Waals surface area contributed by atoms with Gasteiger partial charge in [0.2, 0.25) is 0 Å². The van der Waals surface area contributed by atoms with Crippen molar-refractivity contribution >= 4 is 5.97 Å². The van der Waals surface area contributed by atoms with Crippen LogP contribution in [-0.2, 0) is 17.4 Å². The van der Waals surface area contributed by atoms with Crippen LogP contribution in [0.1, 0.15) is 11.1 Å². The van der Waals surface area contributed by atoms with Crippen molar-refractivity contribution in [3.8, 4) is 0 Å². The van der Waals surface area contributed by atoms with E-state index in [1.54, 1.807) is 0 Å². The molecule has 0 atom stereocenters. The molecule has 0 spiro atoms. The maximum absolute atomic E-state index is 13.1. The second-order valence-electron chi connectivity index (χ2n) is 2.85. The van der Waals surface area contributed by atoms with Gasteiger partial charge in [-0.05, 0) is 11.6 Å². The molecule has 0 aliphatic heterocycles. The van der Waals surface area contributed by atoms with Gasteiger partial charge in [0.05, 0.1) is 12.0 Å². The summed E-state index contributed by atoms with van der Waals surface area (Å²) in [6, 6.07) is 2.56. The summed E-state index contributed by atoms with van der Waals surface area (Å²) >= 11 is 0. The zero-order valence-corrected chi connectivity index (χ0v) is 7.31. The van der Waals surface area contributed by atoms with E-state index < -0.39 is 35.5 Å². The Bertz CT molecular complexity index is 384. The number of halogens is 4. The highest BCUT2D eigenvalue weighted by Gasteiger charge is 2.34. The SMILES string of the molecule is O=C(O)Cc1cccc(C(F)(F)F)c1F. The summed E-state index contributed by atoms with van der Waals surface area (Å²) in [5.74, 6) is -2.90. The van der Waals surface area contributed by atoms with Crippen molar-refractivity contribution in [1.29, 1.82) is 0 Å². The Morgan fingerprint density at radius 1 is 1.33 bits per heavy atom. The maximum Gasteiger partial charge on any atom is 0.419 e. The second-order valence-corrected chi connectivity index (χ2v) is 2.85. The minimum Gasteiger partial charge on any atom is -0.481 e. The average Bonchev–Trinajstić information content (AvgIpc) is 2.05. The summed E-state index contributed by atoms with van der Waals surface area (Å²) in [6.45, 7) is 0. The quantitative estimate of drug-likeness (QED) is 0.780. The monoisotopic (exact) mass is 222 g/mol. The van der Waals surface area contributed by atoms with Crippen LogP contribution < -0.4 is 0 Å². The van der Waals surface area contributed by atoms with E-state index in [1.807, 2.05) is 0 Å². The van der Waals surface area contributed by atoms with Crippen molar-refractivity contribution in [2.45, 2.75) is 12.6 Å². The third-order valence-electron chi connectivity index (χ3n) is 1.73. The van der Waals surface area contributed by atoms with E-state index in [-0.39, 0.29) is 0 Å². The Labute approximate surface area is 82.1 Å². The Morgan fingerprint density at radius 3 is 2.40 bits per heavy atom. The molecular weight excluding hydrogens is 216 g/mol. The Hall–Kier alpha value is -1.59. The number of carbonyl (C=O) groups is 1. The van der Waals surface area contributed by atoms with E-state index >= 15 is 0 Å². The predicted molar refractivity (Wildman–Crippen MR) is 42.7 cm³/mol. The minimum absolute atomic E-state index is 0.475. The number of hydrogen-bond donors (Lipinski definition) is 1. The summed E-state index contributed by atoms with van der Waals surface area (Å²) in [6.07, 6.45) is -5.58. The number of aliphatic carboxylic acids is 1. The number of rotatable bonds is 2. The van der Waals surface area contributed by atoms with Crippen LogP contribution in [-0.4, -0.2) is 11.1 Å². The number of benzene rings is 1. The van der Waals surface area contributed by atoms with Crippen molar-refractivity contribution in [3.05, 3.63) is 35.1 Å². The van der Waals surface area contributed by atoms with Gasteiger partial charge in [0.1, 0.15) is 5.82 Å². The molecule has 1 rings (SSSR count). The van der Waals surface area contributed by atoms with Gasteiger partial charge in [-0.15, -0.1) is 0 Å². The zero-order valence-electron chi connectivity index (χ0n) is 7.31. The molecule has 0 heterocycles. The first kappa shape index (κ1) is 11.5. The lowest BCUT2D eigenvalue weighted by molar-refractivity contribution is -0.141. The van der Waals surface area contributed by atoms with Gasteiger partial charge >= 0.3 is 12.1 Å². The Kier molecular flexibility index (Phi) is 2.97. The molecule has 0 bridgehead atoms. The van der Waals surface area contributed by atoms with Crippen LogP contribution in [0.15, 0.2) is 18.2 Å². The molecule has 0 amide bonds. The van der Waals surface area contributed by atoms with Crippen molar-refractivity contribution in [2.24, 2.45) is 0 Å². The van der Waals surface area contributed by atoms with Crippen molar-refractivity contribution in [1.82, 2.24) is 0 Å². The first-order valence-electron chi connectivity index (χ1n) is 3.88. The smallest absolute Gasteiger partial charge is 0.419 e. The van der Waals surface area contributed by atoms with E-state index in [2.05, 4.69) is 0 Å². The molecule has 0 radical (unpaired) electrons. The van der Waals surface area contributed by atoms with Crippen molar-refractivity contribution < 1.29 is 27.5 Å². The van der Waals surface area contributed by atoms with Gasteiger partial charge in [0.15, 0.2) is 0 Å². The van der Waals surface area contributed by atoms with Gasteiger partial charge in [0.25, 0.3) is 0 Å². The van der Waals surface area contributed by atoms with Crippen LogP contribution in [0.25, 0.3) is 0 Å². The average molecular weight is 222 g/mol. The fourth-order valence-corrected chi connectivity index (χ4v) is 1.10. The third kappa shape index (κ3) is 2.68. The normalized spacial score (nSPS) is 11.5. The van der Waals surface area contributed by atoms with Crippen molar-refractivity contribution in [2.75, 3.05) is 0 Å². The summed E-state index contributed by atoms with van der Waals surface area (Å²) in [5, 5.41) is 8.34. The Balaban J connectivity index is 3.17. The van der Waals surface area contributed by atoms with Crippen LogP contribution in [0.5, 0.6) is 0 Å². The second kappa shape index (κ2) is 3.88. The van der Waals surface area contributed by atoms with Gasteiger partial charge < -0.3 is 5.11 Å². The van der Waals surface area contributed by atoms with Crippen LogP contribution in [0.4, 0.5) is 17.6 Å². The Morgan fingerprint density at radius 2 is 1.93 bits per heavy atom. The molecule has 82 valence electrons. The molecule has 0 aliphatic carbocycles. The predicted octanol–water partition coefficient (Wildman–Crippen LogP) is 2.47. The molecule has 1 aromatic carbocycles. The lowest BCUT2D eigenvalue weighted by atomic mass is 10.1. The maximum atomic E-state index is 13.1. The van der Waals surface area contributed by atoms with E-state index in [0.29, 0.717) is 6.07 Å². The lowest BCUT2D eigenvalue weighted by Crippen LogP contribution is -2.11. The highest BCUT2D eigenvalue weighted by molar-refractivity contribution is 5.70. The van der Waals surface area contributed by atoms with Gasteiger partial charge in [-0.2, -0.15) is 13.2 Å². The standard InChI is InChI=1S/C9H6F4O2/c10-8-5(4-7(14)15)2-1-3-6(8)9(11,12)13/h1-3H,4H2,(H,14,15). The molecule has 2 nitrogen and oxygen atoms in total. The summed E-state index contributed by atoms with van der Waals surface area (Å²) in [5.41, 5.74) is -1.92. The molecule has 6 heteroatoms. The number of alkyl halides is 3. The molecule has 0 fully saturated rings. The first-order valence-corrected chi connectivity index (χ1v) is 3.88. The zero-order chi connectivity index (χ0) is 11.6. The molecular formula is C9H6F4O2. The third-order valence-corrected chi connectivity index (χ3v) is 1.73. The molecule has 1 N–H and O–H groups in total. The van der Waals surface area contributed by atoms with Gasteiger partial charge in [-0.3, -0.25) is 4.79 Å². The molecule has 0 aliphatic rings. The van der Waals surface area contributed by atoms with Gasteiger partial charge in [-0.25, -0.2) is 4.39 Å². The molecule has 1 aromatic rings. The van der Waals surface area contributed by atoms with E-state index in [4.69, 9.17) is 5.11 Å². The number of hydrogen-bond acceptors (Lipinski definition) is 1. The lowest BCUT2D eigenvalue weighted by Gasteiger charge is -2.09. The summed E-state index contributed by atoms with van der Waals surface area (Å²) < 4.78 is 49.7. The molecule has 0 unspecified atom stereocenters. The fourth-order valence-electron chi connectivity index (χ4n) is 1.10. The van der Waals surface area contributed by atoms with Crippen LogP contribution >= 0.6 is 0 Å². The first-order chi connectivity index (χ1) is 6.82. The van der Waals surface area contributed by atoms with E-state index in [0.717, 1.165) is 12.1 Å². The number of carboxylic acids is 1. The minimum atomic E-state index is -4.81. The van der Waals surface area contributed by atoms with Crippen molar-refractivity contribution in [3.63, 3.8) is 0 Å². The number of carboxylic acid groups (broad SMARTS) is 1. The van der Waals surface area contributed by atoms with E-state index in [1.165, 1.54) is 0 Å². The largest absolute Gasteiger partial charge is 0.481 e. The molecule has 15 heavy (non-hydrogen) atoms. The molecule has 0 saturated carbocycles. The van der Waals surface area contributed by atoms with Crippen LogP contribution in [0, 0.1) is 5.82 Å². The molecule has 0 aromatic heterocycles.